The zero-order chi connectivity index (χ0) is 38.5. The molecule has 6 aromatic rings. The highest BCUT2D eigenvalue weighted by Gasteiger charge is 2.29. The van der Waals surface area contributed by atoms with Crippen LogP contribution in [-0.2, 0) is 11.8 Å². The SMILES string of the molecule is Cc1cc(-c2cnc(Nc3cnn(C4CCC(CCN5CCN(c6ccc7c(N8CCC(=O)NC8=O)nn(C)c7c6)CC5)CC4)c3)c3nccn23)c(F)cc1F. The van der Waals surface area contributed by atoms with Crippen LogP contribution >= 0.6 is 0 Å². The number of nitrogens with one attached hydrogen (secondary N) is 2. The molecule has 290 valence electrons. The molecule has 9 rings (SSSR count). The molecule has 56 heavy (non-hydrogen) atoms. The lowest BCUT2D eigenvalue weighted by Gasteiger charge is -2.37. The quantitative estimate of drug-likeness (QED) is 0.177. The first-order chi connectivity index (χ1) is 27.2. The number of rotatable bonds is 9. The number of carbonyl (C=O) groups is 2. The fraction of sp³-hybridized carbons (Fsp3) is 0.400. The van der Waals surface area contributed by atoms with E-state index < -0.39 is 17.7 Å². The molecular formula is C40H44F2N12O2. The van der Waals surface area contributed by atoms with Gasteiger partial charge < -0.3 is 10.2 Å². The lowest BCUT2D eigenvalue weighted by atomic mass is 9.84. The first kappa shape index (κ1) is 35.8. The number of halogens is 2. The fourth-order valence-corrected chi connectivity index (χ4v) is 8.48. The van der Waals surface area contributed by atoms with Crippen molar-refractivity contribution in [3.63, 3.8) is 0 Å². The Labute approximate surface area is 322 Å². The maximum absolute atomic E-state index is 14.7. The van der Waals surface area contributed by atoms with Gasteiger partial charge in [-0.1, -0.05) is 0 Å². The molecule has 1 saturated carbocycles. The number of hydrogen-bond donors (Lipinski definition) is 2. The molecular weight excluding hydrogens is 719 g/mol. The fourth-order valence-electron chi connectivity index (χ4n) is 8.48. The number of amides is 3. The molecule has 2 N–H and O–H groups in total. The summed E-state index contributed by atoms with van der Waals surface area (Å²) in [7, 11) is 1.89. The van der Waals surface area contributed by atoms with E-state index in [1.807, 2.05) is 24.0 Å². The van der Waals surface area contributed by atoms with Crippen molar-refractivity contribution in [2.45, 2.75) is 51.5 Å². The third-order valence-corrected chi connectivity index (χ3v) is 11.7. The molecule has 2 aromatic carbocycles. The maximum Gasteiger partial charge on any atom is 0.329 e. The number of anilines is 4. The Morgan fingerprint density at radius 2 is 1.77 bits per heavy atom. The second-order valence-electron chi connectivity index (χ2n) is 15.2. The molecule has 3 fully saturated rings. The number of hydrogen-bond acceptors (Lipinski definition) is 9. The maximum atomic E-state index is 14.7. The molecule has 0 radical (unpaired) electrons. The highest BCUT2D eigenvalue weighted by molar-refractivity contribution is 6.09. The van der Waals surface area contributed by atoms with Gasteiger partial charge in [-0.25, -0.2) is 23.5 Å². The Morgan fingerprint density at radius 3 is 2.57 bits per heavy atom. The number of urea groups is 1. The molecule has 0 spiro atoms. The van der Waals surface area contributed by atoms with E-state index in [2.05, 4.69) is 52.3 Å². The van der Waals surface area contributed by atoms with Crippen LogP contribution in [0.15, 0.2) is 61.3 Å². The van der Waals surface area contributed by atoms with Gasteiger partial charge in [-0.2, -0.15) is 10.2 Å². The minimum atomic E-state index is -0.652. The standard InChI is InChI=1S/C40H44F2N12O2/c1-25-19-31(33(42)21-32(25)41)35-23-44-37(39-43-11-14-52(35)39)46-27-22-45-54(24-27)28-5-3-26(4-6-28)9-12-50-15-17-51(18-16-50)29-7-8-30-34(20-29)49(2)48-38(30)53-13-10-36(55)47-40(53)56/h7-8,11,14,19-24,26,28H,3-6,9-10,12-13,15-18H2,1-2H3,(H,44,46)(H,47,55,56). The summed E-state index contributed by atoms with van der Waals surface area (Å²) < 4.78 is 34.3. The van der Waals surface area contributed by atoms with Gasteiger partial charge in [0.2, 0.25) is 5.91 Å². The minimum absolute atomic E-state index is 0.257. The van der Waals surface area contributed by atoms with Gasteiger partial charge in [-0.05, 0) is 81.3 Å². The first-order valence-corrected chi connectivity index (χ1v) is 19.3. The van der Waals surface area contributed by atoms with Gasteiger partial charge in [-0.15, -0.1) is 0 Å². The molecule has 2 aliphatic heterocycles. The largest absolute Gasteiger partial charge is 0.369 e. The average Bonchev–Trinajstić information content (AvgIpc) is 3.96. The predicted molar refractivity (Wildman–Crippen MR) is 209 cm³/mol. The van der Waals surface area contributed by atoms with Crippen LogP contribution in [0, 0.1) is 24.5 Å². The van der Waals surface area contributed by atoms with Gasteiger partial charge in [0.1, 0.15) is 11.6 Å². The van der Waals surface area contributed by atoms with E-state index in [0.717, 1.165) is 73.9 Å². The molecule has 0 unspecified atom stereocenters. The number of benzene rings is 2. The Kier molecular flexibility index (Phi) is 9.35. The van der Waals surface area contributed by atoms with Crippen LogP contribution in [-0.4, -0.2) is 90.0 Å². The lowest BCUT2D eigenvalue weighted by Crippen LogP contribution is -2.49. The Bertz CT molecular complexity index is 2440. The second-order valence-corrected chi connectivity index (χ2v) is 15.2. The van der Waals surface area contributed by atoms with Gasteiger partial charge in [0.25, 0.3) is 0 Å². The van der Waals surface area contributed by atoms with Crippen molar-refractivity contribution in [2.24, 2.45) is 13.0 Å². The summed E-state index contributed by atoms with van der Waals surface area (Å²) in [6.07, 6.45) is 14.7. The van der Waals surface area contributed by atoms with Crippen LogP contribution in [0.2, 0.25) is 0 Å². The van der Waals surface area contributed by atoms with Gasteiger partial charge in [0.05, 0.1) is 35.3 Å². The monoisotopic (exact) mass is 762 g/mol. The molecule has 0 bridgehead atoms. The molecule has 6 heterocycles. The van der Waals surface area contributed by atoms with Crippen molar-refractivity contribution in [2.75, 3.05) is 54.4 Å². The number of fused-ring (bicyclic) bond motifs is 2. The summed E-state index contributed by atoms with van der Waals surface area (Å²) in [5, 5.41) is 16.0. The third kappa shape index (κ3) is 6.82. The van der Waals surface area contributed by atoms with E-state index in [1.165, 1.54) is 25.3 Å². The zero-order valence-corrected chi connectivity index (χ0v) is 31.5. The van der Waals surface area contributed by atoms with Gasteiger partial charge >= 0.3 is 6.03 Å². The smallest absolute Gasteiger partial charge is 0.329 e. The van der Waals surface area contributed by atoms with Crippen LogP contribution in [0.25, 0.3) is 27.8 Å². The number of imide groups is 1. The van der Waals surface area contributed by atoms with Crippen LogP contribution in [0.1, 0.15) is 50.1 Å². The van der Waals surface area contributed by atoms with Gasteiger partial charge in [0.15, 0.2) is 17.3 Å². The second kappa shape index (κ2) is 14.6. The number of nitrogens with zero attached hydrogens (tertiary/aromatic N) is 10. The summed E-state index contributed by atoms with van der Waals surface area (Å²) in [4.78, 5) is 39.7. The number of imidazole rings is 1. The van der Waals surface area contributed by atoms with E-state index in [4.69, 9.17) is 5.10 Å². The summed E-state index contributed by atoms with van der Waals surface area (Å²) >= 11 is 0. The van der Waals surface area contributed by atoms with Gasteiger partial charge in [0, 0.05) is 87.5 Å². The number of aryl methyl sites for hydroxylation is 2. The zero-order valence-electron chi connectivity index (χ0n) is 31.5. The first-order valence-electron chi connectivity index (χ1n) is 19.3. The number of piperazine rings is 1. The van der Waals surface area contributed by atoms with Crippen molar-refractivity contribution in [3.8, 4) is 11.3 Å². The molecule has 2 saturated heterocycles. The minimum Gasteiger partial charge on any atom is -0.369 e. The van der Waals surface area contributed by atoms with E-state index >= 15 is 0 Å². The Hall–Kier alpha value is -5.90. The molecule has 0 atom stereocenters. The molecule has 3 aliphatic rings. The van der Waals surface area contributed by atoms with Crippen LogP contribution in [0.5, 0.6) is 0 Å². The topological polar surface area (TPSA) is 134 Å². The molecule has 3 amide bonds. The highest BCUT2D eigenvalue weighted by atomic mass is 19.1. The van der Waals surface area contributed by atoms with Gasteiger partial charge in [-0.3, -0.25) is 33.7 Å². The van der Waals surface area contributed by atoms with Crippen LogP contribution in [0.3, 0.4) is 0 Å². The third-order valence-electron chi connectivity index (χ3n) is 11.7. The van der Waals surface area contributed by atoms with Crippen molar-refractivity contribution in [1.29, 1.82) is 0 Å². The molecule has 14 nitrogen and oxygen atoms in total. The highest BCUT2D eigenvalue weighted by Crippen LogP contribution is 2.36. The normalized spacial score (nSPS) is 19.6. The van der Waals surface area contributed by atoms with Crippen molar-refractivity contribution in [3.05, 3.63) is 78.5 Å². The average molecular weight is 763 g/mol. The van der Waals surface area contributed by atoms with E-state index in [-0.39, 0.29) is 17.9 Å². The van der Waals surface area contributed by atoms with Crippen molar-refractivity contribution < 1.29 is 18.4 Å². The molecule has 16 heteroatoms. The number of carbonyl (C=O) groups excluding carboxylic acids is 2. The lowest BCUT2D eigenvalue weighted by molar-refractivity contribution is -0.120. The Balaban J connectivity index is 0.754. The summed E-state index contributed by atoms with van der Waals surface area (Å²) in [5.74, 6) is 0.310. The predicted octanol–water partition coefficient (Wildman–Crippen LogP) is 6.20. The summed E-state index contributed by atoms with van der Waals surface area (Å²) in [5.41, 5.74) is 4.55. The molecule has 4 aromatic heterocycles. The van der Waals surface area contributed by atoms with Crippen molar-refractivity contribution in [1.82, 2.24) is 44.1 Å². The summed E-state index contributed by atoms with van der Waals surface area (Å²) in [6.45, 7) is 6.97. The summed E-state index contributed by atoms with van der Waals surface area (Å²) in [6, 6.07) is 8.61. The van der Waals surface area contributed by atoms with E-state index in [0.29, 0.717) is 47.0 Å². The van der Waals surface area contributed by atoms with Crippen molar-refractivity contribution >= 4 is 51.5 Å². The van der Waals surface area contributed by atoms with E-state index in [1.54, 1.807) is 41.0 Å². The molecule has 1 aliphatic carbocycles. The van der Waals surface area contributed by atoms with E-state index in [9.17, 15) is 18.4 Å². The van der Waals surface area contributed by atoms with Crippen LogP contribution in [0.4, 0.5) is 36.6 Å². The van der Waals surface area contributed by atoms with Crippen LogP contribution < -0.4 is 20.4 Å². The number of aromatic nitrogens is 7. The Morgan fingerprint density at radius 1 is 0.946 bits per heavy atom.